The zero-order valence-corrected chi connectivity index (χ0v) is 10.0. The lowest BCUT2D eigenvalue weighted by atomic mass is 10.1. The number of hydrogen-bond donors (Lipinski definition) is 1. The molecule has 0 spiro atoms. The number of thiophene rings is 1. The van der Waals surface area contributed by atoms with Crippen LogP contribution >= 0.6 is 44.2 Å². The minimum Gasteiger partial charge on any atom is -0.312 e. The second-order valence-corrected chi connectivity index (χ2v) is 4.94. The summed E-state index contributed by atoms with van der Waals surface area (Å²) in [6.45, 7) is 2.20. The fraction of sp³-hybridized carbons (Fsp3) is 0.429. The van der Waals surface area contributed by atoms with Crippen molar-refractivity contribution in [2.24, 2.45) is 0 Å². The van der Waals surface area contributed by atoms with Crippen LogP contribution in [-0.2, 0) is 13.0 Å². The van der Waals surface area contributed by atoms with Crippen LogP contribution in [0.3, 0.4) is 0 Å². The first-order chi connectivity index (χ1) is 4.86. The monoisotopic (exact) mass is 297 g/mol. The van der Waals surface area contributed by atoms with E-state index in [4.69, 9.17) is 0 Å². The number of hydrogen-bond acceptors (Lipinski definition) is 2. The van der Waals surface area contributed by atoms with Crippen molar-refractivity contribution in [2.75, 3.05) is 6.54 Å². The summed E-state index contributed by atoms with van der Waals surface area (Å²) in [5.74, 6) is 0. The molecular formula is C7H9Br2NS. The third kappa shape index (κ3) is 2.05. The molecule has 1 aliphatic rings. The Balaban J connectivity index is 0.000000605. The summed E-state index contributed by atoms with van der Waals surface area (Å²) in [5, 5.41) is 3.34. The van der Waals surface area contributed by atoms with E-state index < -0.39 is 0 Å². The van der Waals surface area contributed by atoms with Gasteiger partial charge in [0.25, 0.3) is 0 Å². The van der Waals surface area contributed by atoms with Gasteiger partial charge in [-0.1, -0.05) is 0 Å². The first-order valence-electron chi connectivity index (χ1n) is 3.34. The first-order valence-corrected chi connectivity index (χ1v) is 4.95. The lowest BCUT2D eigenvalue weighted by Gasteiger charge is -2.10. The minimum absolute atomic E-state index is 0. The Bertz CT molecular complexity index is 223. The highest BCUT2D eigenvalue weighted by molar-refractivity contribution is 9.11. The molecule has 1 N–H and O–H groups in total. The normalized spacial score (nSPS) is 15.4. The molecular weight excluding hydrogens is 290 g/mol. The second-order valence-electron chi connectivity index (χ2n) is 2.43. The first kappa shape index (κ1) is 9.71. The minimum atomic E-state index is 0. The van der Waals surface area contributed by atoms with Gasteiger partial charge in [-0.3, -0.25) is 0 Å². The maximum Gasteiger partial charge on any atom is 0.0704 e. The van der Waals surface area contributed by atoms with Gasteiger partial charge in [-0.05, 0) is 40.5 Å². The van der Waals surface area contributed by atoms with Crippen molar-refractivity contribution in [3.8, 4) is 0 Å². The summed E-state index contributed by atoms with van der Waals surface area (Å²) in [6, 6.07) is 2.24. The van der Waals surface area contributed by atoms with Gasteiger partial charge in [-0.15, -0.1) is 28.3 Å². The molecule has 0 bridgehead atoms. The van der Waals surface area contributed by atoms with Gasteiger partial charge in [0.1, 0.15) is 0 Å². The molecule has 1 aliphatic heterocycles. The van der Waals surface area contributed by atoms with Gasteiger partial charge in [0.2, 0.25) is 0 Å². The van der Waals surface area contributed by atoms with Crippen molar-refractivity contribution in [1.29, 1.82) is 0 Å². The number of rotatable bonds is 0. The van der Waals surface area contributed by atoms with Gasteiger partial charge in [0.05, 0.1) is 3.79 Å². The van der Waals surface area contributed by atoms with E-state index in [1.54, 1.807) is 0 Å². The van der Waals surface area contributed by atoms with Gasteiger partial charge in [-0.2, -0.15) is 0 Å². The van der Waals surface area contributed by atoms with Crippen LogP contribution in [0, 0.1) is 0 Å². The Labute approximate surface area is 89.1 Å². The molecule has 0 saturated heterocycles. The highest BCUT2D eigenvalue weighted by Gasteiger charge is 2.10. The van der Waals surface area contributed by atoms with Crippen LogP contribution in [0.4, 0.5) is 0 Å². The van der Waals surface area contributed by atoms with E-state index in [2.05, 4.69) is 27.3 Å². The van der Waals surface area contributed by atoms with Gasteiger partial charge in [-0.25, -0.2) is 0 Å². The van der Waals surface area contributed by atoms with E-state index in [-0.39, 0.29) is 17.0 Å². The Morgan fingerprint density at radius 3 is 3.09 bits per heavy atom. The lowest BCUT2D eigenvalue weighted by molar-refractivity contribution is 0.654. The molecule has 1 nitrogen and oxygen atoms in total. The zero-order valence-electron chi connectivity index (χ0n) is 5.89. The molecule has 0 saturated carbocycles. The standard InChI is InChI=1S/C7H8BrNS.BrH/c8-7-3-5-1-2-9-4-6(5)10-7;/h3,9H,1-2,4H2;1H. The van der Waals surface area contributed by atoms with Gasteiger partial charge in [0, 0.05) is 11.4 Å². The quantitative estimate of drug-likeness (QED) is 0.777. The summed E-state index contributed by atoms with van der Waals surface area (Å²) >= 11 is 5.33. The van der Waals surface area contributed by atoms with Crippen molar-refractivity contribution in [1.82, 2.24) is 5.32 Å². The predicted octanol–water partition coefficient (Wildman–Crippen LogP) is 2.73. The van der Waals surface area contributed by atoms with Crippen LogP contribution < -0.4 is 5.32 Å². The van der Waals surface area contributed by atoms with Crippen LogP contribution in [0.5, 0.6) is 0 Å². The molecule has 0 aliphatic carbocycles. The fourth-order valence-electron chi connectivity index (χ4n) is 1.22. The SMILES string of the molecule is Br.Brc1cc2c(s1)CNCC2. The summed E-state index contributed by atoms with van der Waals surface area (Å²) in [5.41, 5.74) is 1.52. The Morgan fingerprint density at radius 2 is 2.36 bits per heavy atom. The van der Waals surface area contributed by atoms with Crippen molar-refractivity contribution in [3.05, 3.63) is 20.3 Å². The molecule has 2 rings (SSSR count). The molecule has 4 heteroatoms. The largest absolute Gasteiger partial charge is 0.312 e. The smallest absolute Gasteiger partial charge is 0.0704 e. The fourth-order valence-corrected chi connectivity index (χ4v) is 2.98. The molecule has 0 amide bonds. The summed E-state index contributed by atoms with van der Waals surface area (Å²) in [4.78, 5) is 1.50. The average molecular weight is 299 g/mol. The molecule has 11 heavy (non-hydrogen) atoms. The van der Waals surface area contributed by atoms with Crippen LogP contribution in [-0.4, -0.2) is 6.54 Å². The van der Waals surface area contributed by atoms with Gasteiger partial charge in [0.15, 0.2) is 0 Å². The van der Waals surface area contributed by atoms with Crippen molar-refractivity contribution in [2.45, 2.75) is 13.0 Å². The van der Waals surface area contributed by atoms with Crippen LogP contribution in [0.1, 0.15) is 10.4 Å². The highest BCUT2D eigenvalue weighted by atomic mass is 79.9. The second kappa shape index (κ2) is 4.03. The number of nitrogens with one attached hydrogen (secondary N) is 1. The van der Waals surface area contributed by atoms with Crippen molar-refractivity contribution in [3.63, 3.8) is 0 Å². The van der Waals surface area contributed by atoms with E-state index >= 15 is 0 Å². The van der Waals surface area contributed by atoms with Gasteiger partial charge < -0.3 is 5.32 Å². The molecule has 2 heterocycles. The van der Waals surface area contributed by atoms with Crippen LogP contribution in [0.15, 0.2) is 9.85 Å². The number of fused-ring (bicyclic) bond motifs is 1. The third-order valence-electron chi connectivity index (χ3n) is 1.72. The molecule has 0 atom stereocenters. The van der Waals surface area contributed by atoms with E-state index in [0.717, 1.165) is 13.1 Å². The Hall–Kier alpha value is 0.620. The molecule has 1 aromatic heterocycles. The van der Waals surface area contributed by atoms with Crippen molar-refractivity contribution < 1.29 is 0 Å². The average Bonchev–Trinajstić information content (AvgIpc) is 2.27. The topological polar surface area (TPSA) is 12.0 Å². The van der Waals surface area contributed by atoms with Crippen LogP contribution in [0.25, 0.3) is 0 Å². The molecule has 0 aromatic carbocycles. The van der Waals surface area contributed by atoms with E-state index in [1.165, 1.54) is 20.6 Å². The van der Waals surface area contributed by atoms with E-state index in [1.807, 2.05) is 11.3 Å². The molecule has 0 fully saturated rings. The molecule has 62 valence electrons. The third-order valence-corrected chi connectivity index (χ3v) is 3.40. The maximum absolute atomic E-state index is 3.48. The summed E-state index contributed by atoms with van der Waals surface area (Å²) in [6.07, 6.45) is 1.19. The summed E-state index contributed by atoms with van der Waals surface area (Å²) in [7, 11) is 0. The van der Waals surface area contributed by atoms with Crippen molar-refractivity contribution >= 4 is 44.2 Å². The van der Waals surface area contributed by atoms with E-state index in [9.17, 15) is 0 Å². The summed E-state index contributed by atoms with van der Waals surface area (Å²) < 4.78 is 1.27. The number of halogens is 2. The highest BCUT2D eigenvalue weighted by Crippen LogP contribution is 2.28. The van der Waals surface area contributed by atoms with E-state index in [0.29, 0.717) is 0 Å². The van der Waals surface area contributed by atoms with Crippen LogP contribution in [0.2, 0.25) is 0 Å². The Morgan fingerprint density at radius 1 is 1.55 bits per heavy atom. The molecule has 0 unspecified atom stereocenters. The Kier molecular flexibility index (Phi) is 3.55. The predicted molar refractivity (Wildman–Crippen MR) is 57.8 cm³/mol. The lowest BCUT2D eigenvalue weighted by Crippen LogP contribution is -2.21. The molecule has 1 aromatic rings. The molecule has 0 radical (unpaired) electrons. The zero-order chi connectivity index (χ0) is 6.97. The van der Waals surface area contributed by atoms with Gasteiger partial charge >= 0.3 is 0 Å². The maximum atomic E-state index is 3.48.